The third kappa shape index (κ3) is 10.1. The maximum atomic E-state index is 9.13. The van der Waals surface area contributed by atoms with Gasteiger partial charge in [0.1, 0.15) is 0 Å². The predicted molar refractivity (Wildman–Crippen MR) is 112 cm³/mol. The van der Waals surface area contributed by atoms with Crippen molar-refractivity contribution in [2.24, 2.45) is 4.99 Å². The third-order valence-electron chi connectivity index (χ3n) is 4.04. The van der Waals surface area contributed by atoms with E-state index in [4.69, 9.17) is 18.4 Å². The molecule has 0 spiro atoms. The van der Waals surface area contributed by atoms with Gasteiger partial charge in [-0.3, -0.25) is 4.99 Å². The zero-order chi connectivity index (χ0) is 19.8. The predicted octanol–water partition coefficient (Wildman–Crippen LogP) is 2.88. The van der Waals surface area contributed by atoms with Crippen LogP contribution in [0, 0.1) is 0 Å². The molecule has 1 aromatic carbocycles. The molecular weight excluding hydrogens is 360 g/mol. The van der Waals surface area contributed by atoms with E-state index in [9.17, 15) is 0 Å². The first-order valence-corrected chi connectivity index (χ1v) is 11.9. The van der Waals surface area contributed by atoms with Gasteiger partial charge in [-0.2, -0.15) is 0 Å². The average molecular weight is 397 g/mol. The lowest BCUT2D eigenvalue weighted by Crippen LogP contribution is -2.46. The van der Waals surface area contributed by atoms with Crippen LogP contribution in [0.15, 0.2) is 35.3 Å². The standard InChI is InChI=1S/C20H36N2O4Si/c1-4-24-27(25-5-2,26-6-3)16-10-13-20(22-14-15-23)18-21-17-19-11-8-7-9-12-19/h7-9,11-12,17,20,22-23H,4-6,10,13-16,18H2,1-3H3. The van der Waals surface area contributed by atoms with Crippen LogP contribution in [-0.2, 0) is 13.3 Å². The van der Waals surface area contributed by atoms with Crippen LogP contribution in [0.5, 0.6) is 0 Å². The summed E-state index contributed by atoms with van der Waals surface area (Å²) >= 11 is 0. The highest BCUT2D eigenvalue weighted by Gasteiger charge is 2.39. The molecule has 0 radical (unpaired) electrons. The van der Waals surface area contributed by atoms with Gasteiger partial charge in [-0.1, -0.05) is 30.3 Å². The van der Waals surface area contributed by atoms with Crippen molar-refractivity contribution in [3.8, 4) is 0 Å². The highest BCUT2D eigenvalue weighted by Crippen LogP contribution is 2.20. The SMILES string of the molecule is CCO[Si](CCCC(CN=Cc1ccccc1)NCCO)(OCC)OCC. The fourth-order valence-electron chi connectivity index (χ4n) is 2.92. The molecule has 0 bridgehead atoms. The summed E-state index contributed by atoms with van der Waals surface area (Å²) in [5, 5.41) is 12.5. The molecule has 0 aliphatic rings. The molecule has 0 aromatic heterocycles. The van der Waals surface area contributed by atoms with E-state index < -0.39 is 8.80 Å². The van der Waals surface area contributed by atoms with Crippen molar-refractivity contribution in [3.63, 3.8) is 0 Å². The highest BCUT2D eigenvalue weighted by atomic mass is 28.4. The first-order chi connectivity index (χ1) is 13.2. The van der Waals surface area contributed by atoms with E-state index in [2.05, 4.69) is 10.3 Å². The molecule has 0 fully saturated rings. The van der Waals surface area contributed by atoms with E-state index in [-0.39, 0.29) is 12.6 Å². The van der Waals surface area contributed by atoms with Crippen molar-refractivity contribution in [3.05, 3.63) is 35.9 Å². The van der Waals surface area contributed by atoms with Crippen molar-refractivity contribution >= 4 is 15.0 Å². The number of rotatable bonds is 16. The molecule has 1 aromatic rings. The number of nitrogens with zero attached hydrogens (tertiary/aromatic N) is 1. The maximum Gasteiger partial charge on any atom is 0.500 e. The second-order valence-corrected chi connectivity index (χ2v) is 8.89. The lowest BCUT2D eigenvalue weighted by atomic mass is 10.1. The van der Waals surface area contributed by atoms with E-state index in [0.29, 0.717) is 32.9 Å². The molecule has 27 heavy (non-hydrogen) atoms. The summed E-state index contributed by atoms with van der Waals surface area (Å²) in [4.78, 5) is 4.57. The second-order valence-electron chi connectivity index (χ2n) is 6.15. The van der Waals surface area contributed by atoms with Gasteiger partial charge in [0.25, 0.3) is 0 Å². The summed E-state index contributed by atoms with van der Waals surface area (Å²) in [6.45, 7) is 9.07. The Morgan fingerprint density at radius 1 is 1.07 bits per heavy atom. The monoisotopic (exact) mass is 396 g/mol. The van der Waals surface area contributed by atoms with Crippen LogP contribution in [0.3, 0.4) is 0 Å². The molecule has 0 aliphatic carbocycles. The van der Waals surface area contributed by atoms with Gasteiger partial charge in [0.15, 0.2) is 0 Å². The highest BCUT2D eigenvalue weighted by molar-refractivity contribution is 6.60. The number of nitrogens with one attached hydrogen (secondary N) is 1. The van der Waals surface area contributed by atoms with Crippen LogP contribution in [0.2, 0.25) is 6.04 Å². The molecule has 0 amide bonds. The fourth-order valence-corrected chi connectivity index (χ4v) is 5.56. The van der Waals surface area contributed by atoms with Crippen LogP contribution in [0.25, 0.3) is 0 Å². The van der Waals surface area contributed by atoms with Gasteiger partial charge in [-0.25, -0.2) is 0 Å². The molecule has 6 nitrogen and oxygen atoms in total. The largest absolute Gasteiger partial charge is 0.500 e. The molecule has 0 saturated heterocycles. The average Bonchev–Trinajstić information content (AvgIpc) is 2.67. The van der Waals surface area contributed by atoms with Crippen molar-refractivity contribution in [1.82, 2.24) is 5.32 Å². The fraction of sp³-hybridized carbons (Fsp3) is 0.650. The lowest BCUT2D eigenvalue weighted by molar-refractivity contribution is 0.0705. The van der Waals surface area contributed by atoms with Crippen LogP contribution < -0.4 is 5.32 Å². The lowest BCUT2D eigenvalue weighted by Gasteiger charge is -2.29. The normalized spacial score (nSPS) is 13.3. The van der Waals surface area contributed by atoms with E-state index in [1.54, 1.807) is 0 Å². The smallest absolute Gasteiger partial charge is 0.395 e. The Balaban J connectivity index is 2.57. The van der Waals surface area contributed by atoms with Crippen LogP contribution in [0.4, 0.5) is 0 Å². The van der Waals surface area contributed by atoms with Crippen LogP contribution in [-0.4, -0.2) is 65.7 Å². The van der Waals surface area contributed by atoms with E-state index in [1.165, 1.54) is 0 Å². The number of aliphatic hydroxyl groups excluding tert-OH is 1. The second kappa shape index (κ2) is 14.9. The molecule has 0 aliphatic heterocycles. The van der Waals surface area contributed by atoms with E-state index in [1.807, 2.05) is 57.3 Å². The molecule has 0 saturated carbocycles. The van der Waals surface area contributed by atoms with Gasteiger partial charge in [0, 0.05) is 44.7 Å². The Bertz CT molecular complexity index is 485. The minimum atomic E-state index is -2.59. The van der Waals surface area contributed by atoms with Gasteiger partial charge in [-0.05, 0) is 39.2 Å². The van der Waals surface area contributed by atoms with Crippen molar-refractivity contribution in [2.45, 2.75) is 45.7 Å². The van der Waals surface area contributed by atoms with Gasteiger partial charge in [0.05, 0.1) is 13.2 Å². The first kappa shape index (κ1) is 23.9. The Morgan fingerprint density at radius 2 is 1.70 bits per heavy atom. The van der Waals surface area contributed by atoms with Crippen LogP contribution in [0.1, 0.15) is 39.2 Å². The molecule has 0 heterocycles. The zero-order valence-corrected chi connectivity index (χ0v) is 18.0. The van der Waals surface area contributed by atoms with Crippen LogP contribution >= 0.6 is 0 Å². The number of aliphatic hydroxyl groups is 1. The van der Waals surface area contributed by atoms with E-state index in [0.717, 1.165) is 24.4 Å². The van der Waals surface area contributed by atoms with Crippen molar-refractivity contribution in [2.75, 3.05) is 39.5 Å². The molecule has 1 rings (SSSR count). The molecule has 2 N–H and O–H groups in total. The number of hydrogen-bond acceptors (Lipinski definition) is 6. The molecule has 1 unspecified atom stereocenters. The molecule has 154 valence electrons. The summed E-state index contributed by atoms with van der Waals surface area (Å²) in [6.07, 6.45) is 3.75. The summed E-state index contributed by atoms with van der Waals surface area (Å²) < 4.78 is 17.8. The summed E-state index contributed by atoms with van der Waals surface area (Å²) in [5.41, 5.74) is 1.09. The minimum absolute atomic E-state index is 0.119. The third-order valence-corrected chi connectivity index (χ3v) is 7.19. The number of aliphatic imine (C=N–C) groups is 1. The zero-order valence-electron chi connectivity index (χ0n) is 17.0. The van der Waals surface area contributed by atoms with Gasteiger partial charge >= 0.3 is 8.80 Å². The van der Waals surface area contributed by atoms with Gasteiger partial charge in [-0.15, -0.1) is 0 Å². The minimum Gasteiger partial charge on any atom is -0.395 e. The van der Waals surface area contributed by atoms with Crippen molar-refractivity contribution < 1.29 is 18.4 Å². The first-order valence-electron chi connectivity index (χ1n) is 10.0. The van der Waals surface area contributed by atoms with Gasteiger partial charge in [0.2, 0.25) is 0 Å². The Kier molecular flexibility index (Phi) is 13.2. The Morgan fingerprint density at radius 3 is 2.26 bits per heavy atom. The molecular formula is C20H36N2O4Si. The summed E-state index contributed by atoms with van der Waals surface area (Å²) in [7, 11) is -2.59. The molecule has 1 atom stereocenters. The number of benzene rings is 1. The Labute approximate surface area is 165 Å². The maximum absolute atomic E-state index is 9.13. The summed E-state index contributed by atoms with van der Waals surface area (Å²) in [6, 6.07) is 11.1. The van der Waals surface area contributed by atoms with Gasteiger partial charge < -0.3 is 23.7 Å². The van der Waals surface area contributed by atoms with E-state index >= 15 is 0 Å². The topological polar surface area (TPSA) is 72.3 Å². The summed E-state index contributed by atoms with van der Waals surface area (Å²) in [5.74, 6) is 0. The Hall–Kier alpha value is -1.09. The molecule has 7 heteroatoms. The van der Waals surface area contributed by atoms with Crippen molar-refractivity contribution in [1.29, 1.82) is 0 Å². The number of hydrogen-bond donors (Lipinski definition) is 2. The quantitative estimate of drug-likeness (QED) is 0.332.